The summed E-state index contributed by atoms with van der Waals surface area (Å²) in [5, 5.41) is 0. The van der Waals surface area contributed by atoms with E-state index < -0.39 is 0 Å². The third-order valence-electron chi connectivity index (χ3n) is 2.82. The Labute approximate surface area is 113 Å². The molecule has 2 N–H and O–H groups in total. The zero-order chi connectivity index (χ0) is 13.7. The van der Waals surface area contributed by atoms with Gasteiger partial charge in [-0.25, -0.2) is 4.98 Å². The van der Waals surface area contributed by atoms with E-state index in [1.54, 1.807) is 7.11 Å². The van der Waals surface area contributed by atoms with Crippen molar-refractivity contribution in [3.8, 4) is 11.6 Å². The van der Waals surface area contributed by atoms with Crippen LogP contribution in [0.15, 0.2) is 42.5 Å². The van der Waals surface area contributed by atoms with Crippen molar-refractivity contribution < 1.29 is 9.47 Å². The van der Waals surface area contributed by atoms with Crippen molar-refractivity contribution in [1.82, 2.24) is 4.98 Å². The summed E-state index contributed by atoms with van der Waals surface area (Å²) in [5.41, 5.74) is 8.01. The summed E-state index contributed by atoms with van der Waals surface area (Å²) in [6.45, 7) is 2.32. The quantitative estimate of drug-likeness (QED) is 0.895. The summed E-state index contributed by atoms with van der Waals surface area (Å²) in [7, 11) is 1.64. The number of ether oxygens (including phenoxy) is 2. The Morgan fingerprint density at radius 2 is 1.89 bits per heavy atom. The van der Waals surface area contributed by atoms with Crippen LogP contribution in [0.3, 0.4) is 0 Å². The number of rotatable bonds is 5. The number of hydrogen-bond acceptors (Lipinski definition) is 4. The highest BCUT2D eigenvalue weighted by molar-refractivity contribution is 5.29. The molecule has 0 aliphatic carbocycles. The van der Waals surface area contributed by atoms with Gasteiger partial charge in [0.05, 0.1) is 13.2 Å². The summed E-state index contributed by atoms with van der Waals surface area (Å²) >= 11 is 0. The van der Waals surface area contributed by atoms with Crippen LogP contribution >= 0.6 is 0 Å². The average Bonchev–Trinajstić information content (AvgIpc) is 2.45. The van der Waals surface area contributed by atoms with Crippen molar-refractivity contribution in [2.75, 3.05) is 13.7 Å². The third kappa shape index (κ3) is 3.69. The number of methoxy groups -OCH3 is 1. The fourth-order valence-corrected chi connectivity index (χ4v) is 1.72. The highest BCUT2D eigenvalue weighted by atomic mass is 16.5. The molecule has 100 valence electrons. The van der Waals surface area contributed by atoms with E-state index in [0.717, 1.165) is 17.0 Å². The maximum absolute atomic E-state index is 6.08. The van der Waals surface area contributed by atoms with Gasteiger partial charge in [-0.1, -0.05) is 18.2 Å². The molecule has 0 radical (unpaired) electrons. The van der Waals surface area contributed by atoms with Gasteiger partial charge < -0.3 is 15.2 Å². The number of nitrogens with two attached hydrogens (primary N) is 1. The van der Waals surface area contributed by atoms with Crippen LogP contribution in [0.4, 0.5) is 0 Å². The number of aryl methyl sites for hydroxylation is 1. The molecule has 1 unspecified atom stereocenters. The predicted octanol–water partition coefficient (Wildman–Crippen LogP) is 2.48. The lowest BCUT2D eigenvalue weighted by molar-refractivity contribution is 0.279. The summed E-state index contributed by atoms with van der Waals surface area (Å²) in [4.78, 5) is 4.27. The maximum atomic E-state index is 6.08. The summed E-state index contributed by atoms with van der Waals surface area (Å²) in [5.74, 6) is 1.42. The highest BCUT2D eigenvalue weighted by Gasteiger charge is 2.07. The van der Waals surface area contributed by atoms with E-state index >= 15 is 0 Å². The maximum Gasteiger partial charge on any atom is 0.213 e. The molecule has 1 atom stereocenters. The Kier molecular flexibility index (Phi) is 4.36. The van der Waals surface area contributed by atoms with Crippen LogP contribution in [0, 0.1) is 6.92 Å². The molecule has 4 nitrogen and oxygen atoms in total. The van der Waals surface area contributed by atoms with Gasteiger partial charge in [-0.05, 0) is 30.7 Å². The van der Waals surface area contributed by atoms with E-state index in [-0.39, 0.29) is 6.04 Å². The number of aromatic nitrogens is 1. The first-order valence-electron chi connectivity index (χ1n) is 6.15. The lowest BCUT2D eigenvalue weighted by Gasteiger charge is -2.13. The molecule has 19 heavy (non-hydrogen) atoms. The smallest absolute Gasteiger partial charge is 0.213 e. The molecule has 0 fully saturated rings. The van der Waals surface area contributed by atoms with E-state index in [9.17, 15) is 0 Å². The summed E-state index contributed by atoms with van der Waals surface area (Å²) in [6.07, 6.45) is 0. The molecule has 0 aliphatic rings. The topological polar surface area (TPSA) is 57.4 Å². The number of benzene rings is 1. The second-order valence-electron chi connectivity index (χ2n) is 4.31. The van der Waals surface area contributed by atoms with Crippen molar-refractivity contribution >= 4 is 0 Å². The normalized spacial score (nSPS) is 11.9. The molecule has 0 saturated heterocycles. The van der Waals surface area contributed by atoms with Crippen LogP contribution in [0.5, 0.6) is 11.6 Å². The molecule has 0 saturated carbocycles. The molecular formula is C15H18N2O2. The van der Waals surface area contributed by atoms with Crippen LogP contribution in [-0.2, 0) is 0 Å². The predicted molar refractivity (Wildman–Crippen MR) is 74.4 cm³/mol. The van der Waals surface area contributed by atoms with E-state index in [2.05, 4.69) is 4.98 Å². The van der Waals surface area contributed by atoms with E-state index in [4.69, 9.17) is 15.2 Å². The van der Waals surface area contributed by atoms with Gasteiger partial charge in [0, 0.05) is 11.8 Å². The van der Waals surface area contributed by atoms with Gasteiger partial charge >= 0.3 is 0 Å². The van der Waals surface area contributed by atoms with Crippen molar-refractivity contribution in [1.29, 1.82) is 0 Å². The molecule has 0 spiro atoms. The molecule has 4 heteroatoms. The number of pyridine rings is 1. The van der Waals surface area contributed by atoms with Crippen molar-refractivity contribution in [3.05, 3.63) is 53.7 Å². The van der Waals surface area contributed by atoms with Gasteiger partial charge in [0.15, 0.2) is 0 Å². The minimum atomic E-state index is -0.187. The Morgan fingerprint density at radius 3 is 2.53 bits per heavy atom. The zero-order valence-electron chi connectivity index (χ0n) is 11.2. The van der Waals surface area contributed by atoms with Gasteiger partial charge in [0.1, 0.15) is 12.4 Å². The highest BCUT2D eigenvalue weighted by Crippen LogP contribution is 2.17. The Bertz CT molecular complexity index is 526. The molecule has 1 aromatic heterocycles. The molecule has 1 heterocycles. The fourth-order valence-electron chi connectivity index (χ4n) is 1.72. The molecule has 0 aliphatic heterocycles. The SMILES string of the molecule is COc1ccc(C(N)COc2cccc(C)n2)cc1. The monoisotopic (exact) mass is 258 g/mol. The van der Waals surface area contributed by atoms with Gasteiger partial charge in [-0.15, -0.1) is 0 Å². The van der Waals surface area contributed by atoms with E-state index in [1.165, 1.54) is 0 Å². The minimum Gasteiger partial charge on any atom is -0.497 e. The van der Waals surface area contributed by atoms with Crippen molar-refractivity contribution in [2.24, 2.45) is 5.73 Å². The van der Waals surface area contributed by atoms with Gasteiger partial charge in [0.2, 0.25) is 5.88 Å². The molecule has 2 rings (SSSR count). The van der Waals surface area contributed by atoms with Crippen LogP contribution in [0.2, 0.25) is 0 Å². The third-order valence-corrected chi connectivity index (χ3v) is 2.82. The van der Waals surface area contributed by atoms with Crippen molar-refractivity contribution in [2.45, 2.75) is 13.0 Å². The van der Waals surface area contributed by atoms with E-state index in [0.29, 0.717) is 12.5 Å². The van der Waals surface area contributed by atoms with E-state index in [1.807, 2.05) is 49.4 Å². The van der Waals surface area contributed by atoms with Crippen LogP contribution in [-0.4, -0.2) is 18.7 Å². The van der Waals surface area contributed by atoms with Gasteiger partial charge in [-0.2, -0.15) is 0 Å². The Hall–Kier alpha value is -2.07. The Balaban J connectivity index is 1.95. The van der Waals surface area contributed by atoms with Crippen LogP contribution < -0.4 is 15.2 Å². The average molecular weight is 258 g/mol. The lowest BCUT2D eigenvalue weighted by Crippen LogP contribution is -2.19. The molecule has 2 aromatic rings. The van der Waals surface area contributed by atoms with Gasteiger partial charge in [0.25, 0.3) is 0 Å². The van der Waals surface area contributed by atoms with Crippen LogP contribution in [0.25, 0.3) is 0 Å². The number of nitrogens with zero attached hydrogens (tertiary/aromatic N) is 1. The Morgan fingerprint density at radius 1 is 1.16 bits per heavy atom. The van der Waals surface area contributed by atoms with Crippen molar-refractivity contribution in [3.63, 3.8) is 0 Å². The fraction of sp³-hybridized carbons (Fsp3) is 0.267. The first-order chi connectivity index (χ1) is 9.19. The first-order valence-corrected chi connectivity index (χ1v) is 6.15. The molecule has 0 bridgehead atoms. The minimum absolute atomic E-state index is 0.187. The zero-order valence-corrected chi connectivity index (χ0v) is 11.2. The summed E-state index contributed by atoms with van der Waals surface area (Å²) < 4.78 is 10.7. The summed E-state index contributed by atoms with van der Waals surface area (Å²) in [6, 6.07) is 13.1. The molecular weight excluding hydrogens is 240 g/mol. The second kappa shape index (κ2) is 6.20. The van der Waals surface area contributed by atoms with Crippen LogP contribution in [0.1, 0.15) is 17.3 Å². The standard InChI is InChI=1S/C15H18N2O2/c1-11-4-3-5-15(17-11)19-10-14(16)12-6-8-13(18-2)9-7-12/h3-9,14H,10,16H2,1-2H3. The largest absolute Gasteiger partial charge is 0.497 e. The molecule has 1 aromatic carbocycles. The molecule has 0 amide bonds. The first kappa shape index (κ1) is 13.4. The number of hydrogen-bond donors (Lipinski definition) is 1. The van der Waals surface area contributed by atoms with Gasteiger partial charge in [-0.3, -0.25) is 0 Å². The second-order valence-corrected chi connectivity index (χ2v) is 4.31. The lowest BCUT2D eigenvalue weighted by atomic mass is 10.1.